The highest BCUT2D eigenvalue weighted by atomic mass is 79.9. The summed E-state index contributed by atoms with van der Waals surface area (Å²) in [6.07, 6.45) is -0.188. The number of benzene rings is 2. The van der Waals surface area contributed by atoms with Crippen LogP contribution < -0.4 is 0 Å². The third kappa shape index (κ3) is 3.51. The van der Waals surface area contributed by atoms with Crippen LogP contribution in [-0.2, 0) is 6.42 Å². The maximum Gasteiger partial charge on any atom is 0.0841 e. The van der Waals surface area contributed by atoms with E-state index in [1.54, 1.807) is 6.07 Å². The Morgan fingerprint density at radius 3 is 2.63 bits per heavy atom. The van der Waals surface area contributed by atoms with Crippen molar-refractivity contribution in [3.8, 4) is 0 Å². The molecule has 0 saturated carbocycles. The fourth-order valence-corrected chi connectivity index (χ4v) is 3.08. The van der Waals surface area contributed by atoms with E-state index in [9.17, 15) is 5.11 Å². The minimum absolute atomic E-state index is 0.432. The summed E-state index contributed by atoms with van der Waals surface area (Å²) in [5.74, 6) is 0. The molecule has 0 radical (unpaired) electrons. The second-order valence-electron chi connectivity index (χ2n) is 4.46. The number of aliphatic hydroxyl groups is 1. The van der Waals surface area contributed by atoms with Gasteiger partial charge in [-0.15, -0.1) is 0 Å². The Bertz CT molecular complexity index is 599. The van der Waals surface area contributed by atoms with E-state index in [0.29, 0.717) is 16.5 Å². The average Bonchev–Trinajstić information content (AvgIpc) is 2.34. The van der Waals surface area contributed by atoms with Gasteiger partial charge in [0, 0.05) is 10.9 Å². The number of halogens is 3. The molecule has 4 heteroatoms. The molecule has 1 nitrogen and oxygen atoms in total. The minimum Gasteiger partial charge on any atom is -0.388 e. The van der Waals surface area contributed by atoms with Crippen LogP contribution in [0.5, 0.6) is 0 Å². The monoisotopic (exact) mass is 358 g/mol. The molecule has 0 aliphatic heterocycles. The van der Waals surface area contributed by atoms with E-state index in [-0.39, 0.29) is 0 Å². The lowest BCUT2D eigenvalue weighted by Crippen LogP contribution is -2.03. The van der Waals surface area contributed by atoms with Crippen LogP contribution in [0.15, 0.2) is 40.9 Å². The molecule has 100 valence electrons. The molecule has 0 amide bonds. The summed E-state index contributed by atoms with van der Waals surface area (Å²) < 4.78 is 0.901. The standard InChI is InChI=1S/C15H13BrCl2O/c1-9-5-6-11(12(16)7-9)14(19)8-10-3-2-4-13(17)15(10)18/h2-7,14,19H,8H2,1H3. The van der Waals surface area contributed by atoms with E-state index >= 15 is 0 Å². The van der Waals surface area contributed by atoms with Crippen molar-refractivity contribution in [3.05, 3.63) is 67.6 Å². The molecule has 2 aromatic rings. The predicted molar refractivity (Wildman–Crippen MR) is 84.0 cm³/mol. The Balaban J connectivity index is 2.25. The van der Waals surface area contributed by atoms with Crippen molar-refractivity contribution in [1.82, 2.24) is 0 Å². The van der Waals surface area contributed by atoms with Gasteiger partial charge in [0.15, 0.2) is 0 Å². The van der Waals surface area contributed by atoms with Gasteiger partial charge in [0.2, 0.25) is 0 Å². The van der Waals surface area contributed by atoms with Gasteiger partial charge in [-0.05, 0) is 35.7 Å². The number of aliphatic hydroxyl groups excluding tert-OH is 1. The normalized spacial score (nSPS) is 12.5. The van der Waals surface area contributed by atoms with E-state index in [1.807, 2.05) is 37.3 Å². The van der Waals surface area contributed by atoms with Crippen LogP contribution in [0.1, 0.15) is 22.8 Å². The first-order chi connectivity index (χ1) is 8.99. The van der Waals surface area contributed by atoms with Crippen LogP contribution in [-0.4, -0.2) is 5.11 Å². The number of hydrogen-bond acceptors (Lipinski definition) is 1. The lowest BCUT2D eigenvalue weighted by molar-refractivity contribution is 0.177. The summed E-state index contributed by atoms with van der Waals surface area (Å²) in [5.41, 5.74) is 2.83. The van der Waals surface area contributed by atoms with E-state index in [1.165, 1.54) is 0 Å². The predicted octanol–water partition coefficient (Wildman–Crippen LogP) is 5.34. The molecule has 2 rings (SSSR count). The van der Waals surface area contributed by atoms with Gasteiger partial charge in [-0.2, -0.15) is 0 Å². The molecule has 1 atom stereocenters. The van der Waals surface area contributed by atoms with E-state index in [4.69, 9.17) is 23.2 Å². The summed E-state index contributed by atoms with van der Waals surface area (Å²) >= 11 is 15.6. The Hall–Kier alpha value is -0.540. The number of aryl methyl sites for hydroxylation is 1. The molecule has 1 unspecified atom stereocenters. The second kappa shape index (κ2) is 6.27. The quantitative estimate of drug-likeness (QED) is 0.784. The second-order valence-corrected chi connectivity index (χ2v) is 6.10. The zero-order chi connectivity index (χ0) is 14.0. The van der Waals surface area contributed by atoms with Gasteiger partial charge in [0.1, 0.15) is 0 Å². The molecule has 0 aromatic heterocycles. The van der Waals surface area contributed by atoms with Crippen molar-refractivity contribution < 1.29 is 5.11 Å². The molecule has 0 spiro atoms. The van der Waals surface area contributed by atoms with Crippen LogP contribution in [0.2, 0.25) is 10.0 Å². The Morgan fingerprint density at radius 1 is 1.21 bits per heavy atom. The minimum atomic E-state index is -0.619. The lowest BCUT2D eigenvalue weighted by Gasteiger charge is -2.15. The van der Waals surface area contributed by atoms with Crippen molar-refractivity contribution in [1.29, 1.82) is 0 Å². The molecule has 19 heavy (non-hydrogen) atoms. The van der Waals surface area contributed by atoms with Crippen LogP contribution in [0.25, 0.3) is 0 Å². The molecule has 0 aliphatic carbocycles. The Labute approximate surface area is 131 Å². The first-order valence-corrected chi connectivity index (χ1v) is 7.41. The van der Waals surface area contributed by atoms with Gasteiger partial charge in [-0.1, -0.05) is 63.4 Å². The molecular formula is C15H13BrCl2O. The average molecular weight is 360 g/mol. The highest BCUT2D eigenvalue weighted by molar-refractivity contribution is 9.10. The number of hydrogen-bond donors (Lipinski definition) is 1. The Morgan fingerprint density at radius 2 is 1.95 bits per heavy atom. The summed E-state index contributed by atoms with van der Waals surface area (Å²) in [7, 11) is 0. The third-order valence-electron chi connectivity index (χ3n) is 2.96. The van der Waals surface area contributed by atoms with Crippen molar-refractivity contribution in [2.75, 3.05) is 0 Å². The highest BCUT2D eigenvalue weighted by Crippen LogP contribution is 2.31. The summed E-state index contributed by atoms with van der Waals surface area (Å²) in [5, 5.41) is 11.3. The maximum absolute atomic E-state index is 10.3. The van der Waals surface area contributed by atoms with E-state index in [2.05, 4.69) is 15.9 Å². The Kier molecular flexibility index (Phi) is 4.91. The van der Waals surface area contributed by atoms with Crippen molar-refractivity contribution >= 4 is 39.1 Å². The highest BCUT2D eigenvalue weighted by Gasteiger charge is 2.14. The zero-order valence-corrected chi connectivity index (χ0v) is 13.4. The van der Waals surface area contributed by atoms with Gasteiger partial charge in [0.05, 0.1) is 16.1 Å². The van der Waals surface area contributed by atoms with Gasteiger partial charge in [0.25, 0.3) is 0 Å². The van der Waals surface area contributed by atoms with Crippen molar-refractivity contribution in [2.24, 2.45) is 0 Å². The zero-order valence-electron chi connectivity index (χ0n) is 10.3. The van der Waals surface area contributed by atoms with Crippen LogP contribution in [0, 0.1) is 6.92 Å². The maximum atomic E-state index is 10.3. The molecular weight excluding hydrogens is 347 g/mol. The first kappa shape index (κ1) is 14.9. The van der Waals surface area contributed by atoms with Gasteiger partial charge in [-0.3, -0.25) is 0 Å². The molecule has 1 N–H and O–H groups in total. The summed E-state index contributed by atoms with van der Waals surface area (Å²) in [6.45, 7) is 2.01. The van der Waals surface area contributed by atoms with Crippen LogP contribution in [0.3, 0.4) is 0 Å². The van der Waals surface area contributed by atoms with Gasteiger partial charge >= 0.3 is 0 Å². The third-order valence-corrected chi connectivity index (χ3v) is 4.50. The largest absolute Gasteiger partial charge is 0.388 e. The van der Waals surface area contributed by atoms with Crippen LogP contribution >= 0.6 is 39.1 Å². The van der Waals surface area contributed by atoms with Gasteiger partial charge < -0.3 is 5.11 Å². The van der Waals surface area contributed by atoms with Crippen LogP contribution in [0.4, 0.5) is 0 Å². The fourth-order valence-electron chi connectivity index (χ4n) is 1.93. The van der Waals surface area contributed by atoms with Crippen molar-refractivity contribution in [2.45, 2.75) is 19.4 Å². The molecule has 0 heterocycles. The summed E-state index contributed by atoms with van der Waals surface area (Å²) in [6, 6.07) is 11.3. The summed E-state index contributed by atoms with van der Waals surface area (Å²) in [4.78, 5) is 0. The van der Waals surface area contributed by atoms with E-state index < -0.39 is 6.10 Å². The SMILES string of the molecule is Cc1ccc(C(O)Cc2cccc(Cl)c2Cl)c(Br)c1. The molecule has 0 aliphatic rings. The lowest BCUT2D eigenvalue weighted by atomic mass is 10.0. The van der Waals surface area contributed by atoms with E-state index in [0.717, 1.165) is 21.2 Å². The molecule has 0 fully saturated rings. The molecule has 0 bridgehead atoms. The molecule has 2 aromatic carbocycles. The topological polar surface area (TPSA) is 20.2 Å². The smallest absolute Gasteiger partial charge is 0.0841 e. The first-order valence-electron chi connectivity index (χ1n) is 5.86. The molecule has 0 saturated heterocycles. The van der Waals surface area contributed by atoms with Gasteiger partial charge in [-0.25, -0.2) is 0 Å². The van der Waals surface area contributed by atoms with Crippen molar-refractivity contribution in [3.63, 3.8) is 0 Å². The fraction of sp³-hybridized carbons (Fsp3) is 0.200. The number of rotatable bonds is 3.